The number of ether oxygens (including phenoxy) is 1. The third kappa shape index (κ3) is 7.92. The number of rotatable bonds is 11. The van der Waals surface area contributed by atoms with Gasteiger partial charge in [0.25, 0.3) is 0 Å². The predicted octanol–water partition coefficient (Wildman–Crippen LogP) is 3.58. The van der Waals surface area contributed by atoms with Crippen molar-refractivity contribution in [2.75, 3.05) is 26.9 Å². The minimum atomic E-state index is -1.93. The highest BCUT2D eigenvalue weighted by molar-refractivity contribution is 6.67. The molecule has 0 aliphatic rings. The lowest BCUT2D eigenvalue weighted by atomic mass is 10.1. The maximum Gasteiger partial charge on any atom is 0.337 e. The van der Waals surface area contributed by atoms with Gasteiger partial charge in [-0.15, -0.1) is 0 Å². The van der Waals surface area contributed by atoms with E-state index in [1.165, 1.54) is 6.42 Å². The largest absolute Gasteiger partial charge is 0.394 e. The zero-order chi connectivity index (χ0) is 13.1. The van der Waals surface area contributed by atoms with E-state index in [-0.39, 0.29) is 0 Å². The summed E-state index contributed by atoms with van der Waals surface area (Å²) in [6.45, 7) is 11.0. The highest BCUT2D eigenvalue weighted by Crippen LogP contribution is 2.19. The fourth-order valence-electron chi connectivity index (χ4n) is 1.76. The summed E-state index contributed by atoms with van der Waals surface area (Å²) in [4.78, 5) is 0. The van der Waals surface area contributed by atoms with Gasteiger partial charge in [-0.25, -0.2) is 0 Å². The molecule has 0 aliphatic heterocycles. The van der Waals surface area contributed by atoms with E-state index in [4.69, 9.17) is 13.6 Å². The van der Waals surface area contributed by atoms with Crippen LogP contribution in [0.25, 0.3) is 0 Å². The summed E-state index contributed by atoms with van der Waals surface area (Å²) in [6.07, 6.45) is 2.37. The second-order valence-electron chi connectivity index (χ2n) is 4.84. The van der Waals surface area contributed by atoms with Crippen molar-refractivity contribution in [2.45, 2.75) is 52.6 Å². The van der Waals surface area contributed by atoms with Crippen LogP contribution in [0.1, 0.15) is 40.5 Å². The van der Waals surface area contributed by atoms with Crippen molar-refractivity contribution in [3.63, 3.8) is 0 Å². The minimum Gasteiger partial charge on any atom is -0.394 e. The molecule has 104 valence electrons. The van der Waals surface area contributed by atoms with Crippen LogP contribution in [0.3, 0.4) is 0 Å². The van der Waals surface area contributed by atoms with E-state index in [2.05, 4.69) is 27.7 Å². The predicted molar refractivity (Wildman–Crippen MR) is 74.6 cm³/mol. The molecule has 0 radical (unpaired) electrons. The van der Waals surface area contributed by atoms with E-state index < -0.39 is 8.56 Å². The molecule has 0 spiro atoms. The molecule has 0 bridgehead atoms. The SMILES string of the molecule is CC[Si](CC)(OCCCC(C)C)OCCOC. The molecule has 0 heterocycles. The van der Waals surface area contributed by atoms with Crippen molar-refractivity contribution in [3.05, 3.63) is 0 Å². The maximum absolute atomic E-state index is 6.09. The molecule has 0 atom stereocenters. The Morgan fingerprint density at radius 1 is 0.941 bits per heavy atom. The summed E-state index contributed by atoms with van der Waals surface area (Å²) in [6, 6.07) is 2.05. The van der Waals surface area contributed by atoms with Crippen molar-refractivity contribution in [3.8, 4) is 0 Å². The van der Waals surface area contributed by atoms with Crippen molar-refractivity contribution in [1.29, 1.82) is 0 Å². The third-order valence-corrected chi connectivity index (χ3v) is 6.64. The number of hydrogen-bond donors (Lipinski definition) is 0. The van der Waals surface area contributed by atoms with Crippen LogP contribution in [0.15, 0.2) is 0 Å². The molecular formula is C13H30O3Si. The molecule has 0 rings (SSSR count). The van der Waals surface area contributed by atoms with E-state index in [1.807, 2.05) is 0 Å². The Balaban J connectivity index is 3.93. The topological polar surface area (TPSA) is 27.7 Å². The summed E-state index contributed by atoms with van der Waals surface area (Å²) in [5, 5.41) is 0. The van der Waals surface area contributed by atoms with Crippen LogP contribution in [-0.2, 0) is 13.6 Å². The third-order valence-electron chi connectivity index (χ3n) is 3.02. The monoisotopic (exact) mass is 262 g/mol. The van der Waals surface area contributed by atoms with Gasteiger partial charge in [0.15, 0.2) is 0 Å². The van der Waals surface area contributed by atoms with Crippen LogP contribution in [0.4, 0.5) is 0 Å². The van der Waals surface area contributed by atoms with Gasteiger partial charge in [0, 0.05) is 13.7 Å². The Morgan fingerprint density at radius 2 is 1.53 bits per heavy atom. The Kier molecular flexibility index (Phi) is 10.1. The fraction of sp³-hybridized carbons (Fsp3) is 1.00. The zero-order valence-corrected chi connectivity index (χ0v) is 13.3. The average molecular weight is 262 g/mol. The van der Waals surface area contributed by atoms with Gasteiger partial charge in [-0.05, 0) is 30.8 Å². The summed E-state index contributed by atoms with van der Waals surface area (Å²) in [7, 11) is -0.230. The normalized spacial score (nSPS) is 12.4. The van der Waals surface area contributed by atoms with Gasteiger partial charge in [0.05, 0.1) is 13.2 Å². The molecule has 17 heavy (non-hydrogen) atoms. The van der Waals surface area contributed by atoms with Crippen LogP contribution in [0, 0.1) is 5.92 Å². The number of hydrogen-bond acceptors (Lipinski definition) is 3. The second-order valence-corrected chi connectivity index (χ2v) is 8.66. The lowest BCUT2D eigenvalue weighted by Gasteiger charge is -2.28. The molecule has 0 unspecified atom stereocenters. The lowest BCUT2D eigenvalue weighted by Crippen LogP contribution is -2.42. The second kappa shape index (κ2) is 10.1. The van der Waals surface area contributed by atoms with Crippen LogP contribution in [-0.4, -0.2) is 35.5 Å². The highest BCUT2D eigenvalue weighted by atomic mass is 28.4. The smallest absolute Gasteiger partial charge is 0.337 e. The van der Waals surface area contributed by atoms with Crippen molar-refractivity contribution < 1.29 is 13.6 Å². The minimum absolute atomic E-state index is 0.657. The average Bonchev–Trinajstić information content (AvgIpc) is 2.32. The van der Waals surface area contributed by atoms with Crippen LogP contribution in [0.5, 0.6) is 0 Å². The quantitative estimate of drug-likeness (QED) is 0.421. The van der Waals surface area contributed by atoms with Gasteiger partial charge < -0.3 is 13.6 Å². The zero-order valence-electron chi connectivity index (χ0n) is 12.3. The molecule has 0 N–H and O–H groups in total. The summed E-state index contributed by atoms with van der Waals surface area (Å²) in [5.74, 6) is 0.757. The Hall–Kier alpha value is 0.0969. The number of methoxy groups -OCH3 is 1. The molecule has 0 saturated heterocycles. The lowest BCUT2D eigenvalue weighted by molar-refractivity contribution is 0.107. The van der Waals surface area contributed by atoms with Gasteiger partial charge in [-0.2, -0.15) is 0 Å². The van der Waals surface area contributed by atoms with Gasteiger partial charge in [0.1, 0.15) is 0 Å². The molecule has 3 nitrogen and oxygen atoms in total. The van der Waals surface area contributed by atoms with E-state index in [0.717, 1.165) is 31.0 Å². The first-order chi connectivity index (χ1) is 8.10. The summed E-state index contributed by atoms with van der Waals surface area (Å²) in [5.41, 5.74) is 0. The molecule has 0 amide bonds. The van der Waals surface area contributed by atoms with E-state index >= 15 is 0 Å². The van der Waals surface area contributed by atoms with Gasteiger partial charge in [-0.1, -0.05) is 27.7 Å². The molecule has 0 saturated carbocycles. The molecule has 0 fully saturated rings. The first-order valence-electron chi connectivity index (χ1n) is 6.87. The standard InChI is InChI=1S/C13H30O3Si/c1-6-17(7-2,16-12-11-14-5)15-10-8-9-13(3)4/h13H,6-12H2,1-5H3. The van der Waals surface area contributed by atoms with Crippen molar-refractivity contribution >= 4 is 8.56 Å². The first-order valence-corrected chi connectivity index (χ1v) is 9.10. The van der Waals surface area contributed by atoms with E-state index in [9.17, 15) is 0 Å². The molecule has 0 aliphatic carbocycles. The summed E-state index contributed by atoms with van der Waals surface area (Å²) >= 11 is 0. The highest BCUT2D eigenvalue weighted by Gasteiger charge is 2.33. The van der Waals surface area contributed by atoms with Gasteiger partial charge in [0.2, 0.25) is 0 Å². The van der Waals surface area contributed by atoms with Gasteiger partial charge >= 0.3 is 8.56 Å². The Labute approximate surface area is 108 Å². The van der Waals surface area contributed by atoms with Crippen molar-refractivity contribution in [2.24, 2.45) is 5.92 Å². The fourth-order valence-corrected chi connectivity index (χ4v) is 4.13. The van der Waals surface area contributed by atoms with Gasteiger partial charge in [-0.3, -0.25) is 0 Å². The molecule has 0 aromatic rings. The Morgan fingerprint density at radius 3 is 2.00 bits per heavy atom. The summed E-state index contributed by atoms with van der Waals surface area (Å²) < 4.78 is 17.1. The van der Waals surface area contributed by atoms with Crippen molar-refractivity contribution in [1.82, 2.24) is 0 Å². The van der Waals surface area contributed by atoms with E-state index in [0.29, 0.717) is 13.2 Å². The molecule has 0 aromatic carbocycles. The molecule has 0 aromatic heterocycles. The van der Waals surface area contributed by atoms with Crippen LogP contribution < -0.4 is 0 Å². The van der Waals surface area contributed by atoms with E-state index in [1.54, 1.807) is 7.11 Å². The molecule has 4 heteroatoms. The van der Waals surface area contributed by atoms with Crippen LogP contribution >= 0.6 is 0 Å². The first kappa shape index (κ1) is 17.1. The Bertz CT molecular complexity index is 170. The van der Waals surface area contributed by atoms with Crippen LogP contribution in [0.2, 0.25) is 12.1 Å². The maximum atomic E-state index is 6.09. The molecular weight excluding hydrogens is 232 g/mol.